The first kappa shape index (κ1) is 14.9. The lowest BCUT2D eigenvalue weighted by Gasteiger charge is -2.34. The van der Waals surface area contributed by atoms with Gasteiger partial charge in [-0.2, -0.15) is 0 Å². The largest absolute Gasteiger partial charge is 0.452 e. The Balaban J connectivity index is 3.52. The minimum Gasteiger partial charge on any atom is -0.452 e. The summed E-state index contributed by atoms with van der Waals surface area (Å²) in [7, 11) is 1.25. The minimum absolute atomic E-state index is 0.0807. The van der Waals surface area contributed by atoms with E-state index in [1.807, 2.05) is 0 Å². The van der Waals surface area contributed by atoms with Crippen LogP contribution in [0.25, 0.3) is 0 Å². The van der Waals surface area contributed by atoms with Crippen LogP contribution in [0.15, 0.2) is 18.2 Å². The molecule has 0 radical (unpaired) electrons. The van der Waals surface area contributed by atoms with Gasteiger partial charge in [0.15, 0.2) is 0 Å². The highest BCUT2D eigenvalue weighted by Gasteiger charge is 2.34. The summed E-state index contributed by atoms with van der Waals surface area (Å²) in [6, 6.07) is 4.87. The Morgan fingerprint density at radius 2 is 1.95 bits per heavy atom. The molecule has 0 aliphatic carbocycles. The number of ether oxygens (including phenoxy) is 1. The zero-order valence-corrected chi connectivity index (χ0v) is 11.8. The van der Waals surface area contributed by atoms with E-state index in [2.05, 4.69) is 0 Å². The number of nitro groups is 1. The zero-order chi connectivity index (χ0) is 14.8. The molecule has 0 spiro atoms. The number of para-hydroxylation sites is 1. The topological polar surface area (TPSA) is 72.7 Å². The van der Waals surface area contributed by atoms with Crippen molar-refractivity contribution in [3.05, 3.63) is 33.9 Å². The van der Waals surface area contributed by atoms with Crippen LogP contribution < -0.4 is 4.90 Å². The Morgan fingerprint density at radius 1 is 1.37 bits per heavy atom. The summed E-state index contributed by atoms with van der Waals surface area (Å²) in [6.45, 7) is 7.00. The second-order valence-corrected chi connectivity index (χ2v) is 5.18. The predicted octanol–water partition coefficient (Wildman–Crippen LogP) is 3.27. The number of hydrogen-bond donors (Lipinski definition) is 0. The van der Waals surface area contributed by atoms with Gasteiger partial charge in [-0.3, -0.25) is 15.0 Å². The molecule has 0 aliphatic rings. The third kappa shape index (κ3) is 3.01. The Morgan fingerprint density at radius 3 is 2.37 bits per heavy atom. The number of amides is 1. The molecular formula is C13H18N2O4. The highest BCUT2D eigenvalue weighted by Crippen LogP contribution is 2.35. The first-order chi connectivity index (χ1) is 8.70. The van der Waals surface area contributed by atoms with Crippen molar-refractivity contribution < 1.29 is 14.5 Å². The molecular weight excluding hydrogens is 248 g/mol. The van der Waals surface area contributed by atoms with Gasteiger partial charge in [0.25, 0.3) is 5.69 Å². The van der Waals surface area contributed by atoms with Crippen LogP contribution in [0.1, 0.15) is 26.3 Å². The number of methoxy groups -OCH3 is 1. The SMILES string of the molecule is COC(=O)N(c1cccc(C)c1[N+](=O)[O-])C(C)(C)C. The summed E-state index contributed by atoms with van der Waals surface area (Å²) >= 11 is 0. The fourth-order valence-corrected chi connectivity index (χ4v) is 1.89. The summed E-state index contributed by atoms with van der Waals surface area (Å²) < 4.78 is 4.73. The van der Waals surface area contributed by atoms with Crippen LogP contribution in [0, 0.1) is 17.0 Å². The molecule has 19 heavy (non-hydrogen) atoms. The van der Waals surface area contributed by atoms with Crippen LogP contribution in [0.4, 0.5) is 16.2 Å². The van der Waals surface area contributed by atoms with E-state index in [0.29, 0.717) is 5.56 Å². The maximum absolute atomic E-state index is 11.9. The molecule has 0 aliphatic heterocycles. The number of anilines is 1. The van der Waals surface area contributed by atoms with E-state index >= 15 is 0 Å². The van der Waals surface area contributed by atoms with E-state index < -0.39 is 16.6 Å². The lowest BCUT2D eigenvalue weighted by Crippen LogP contribution is -2.46. The summed E-state index contributed by atoms with van der Waals surface area (Å²) in [4.78, 5) is 23.9. The average Bonchev–Trinajstić information content (AvgIpc) is 2.26. The third-order valence-corrected chi connectivity index (χ3v) is 2.67. The molecule has 1 aromatic carbocycles. The summed E-state index contributed by atoms with van der Waals surface area (Å²) in [5, 5.41) is 11.2. The van der Waals surface area contributed by atoms with E-state index in [-0.39, 0.29) is 11.4 Å². The van der Waals surface area contributed by atoms with Gasteiger partial charge in [0.1, 0.15) is 5.69 Å². The van der Waals surface area contributed by atoms with Crippen LogP contribution >= 0.6 is 0 Å². The molecule has 6 heteroatoms. The second-order valence-electron chi connectivity index (χ2n) is 5.18. The molecule has 0 saturated heterocycles. The standard InChI is InChI=1S/C13H18N2O4/c1-9-7-6-8-10(11(9)15(17)18)14(12(16)19-5)13(2,3)4/h6-8H,1-5H3. The lowest BCUT2D eigenvalue weighted by molar-refractivity contribution is -0.384. The molecule has 6 nitrogen and oxygen atoms in total. The van der Waals surface area contributed by atoms with Crippen molar-refractivity contribution in [3.8, 4) is 0 Å². The van der Waals surface area contributed by atoms with Gasteiger partial charge in [-0.15, -0.1) is 0 Å². The smallest absolute Gasteiger partial charge is 0.414 e. The molecule has 0 bridgehead atoms. The van der Waals surface area contributed by atoms with Crippen molar-refractivity contribution in [1.82, 2.24) is 0 Å². The Labute approximate surface area is 112 Å². The van der Waals surface area contributed by atoms with Crippen molar-refractivity contribution in [2.24, 2.45) is 0 Å². The minimum atomic E-state index is -0.633. The molecule has 0 aromatic heterocycles. The number of hydrogen-bond acceptors (Lipinski definition) is 4. The molecule has 0 fully saturated rings. The Kier molecular flexibility index (Phi) is 4.14. The second kappa shape index (κ2) is 5.26. The van der Waals surface area contributed by atoms with Gasteiger partial charge in [-0.1, -0.05) is 12.1 Å². The zero-order valence-electron chi connectivity index (χ0n) is 11.8. The van der Waals surface area contributed by atoms with Crippen LogP contribution in [0.2, 0.25) is 0 Å². The number of aryl methyl sites for hydroxylation is 1. The van der Waals surface area contributed by atoms with E-state index in [0.717, 1.165) is 0 Å². The van der Waals surface area contributed by atoms with Crippen molar-refractivity contribution in [1.29, 1.82) is 0 Å². The number of benzene rings is 1. The third-order valence-electron chi connectivity index (χ3n) is 2.67. The molecule has 104 valence electrons. The van der Waals surface area contributed by atoms with Gasteiger partial charge >= 0.3 is 6.09 Å². The summed E-state index contributed by atoms with van der Waals surface area (Å²) in [5.41, 5.74) is 0.0267. The molecule has 0 heterocycles. The van der Waals surface area contributed by atoms with Gasteiger partial charge < -0.3 is 4.74 Å². The van der Waals surface area contributed by atoms with E-state index in [4.69, 9.17) is 4.74 Å². The van der Waals surface area contributed by atoms with Crippen molar-refractivity contribution in [2.45, 2.75) is 33.2 Å². The van der Waals surface area contributed by atoms with Crippen LogP contribution in [0.5, 0.6) is 0 Å². The first-order valence-corrected chi connectivity index (χ1v) is 5.82. The number of carbonyl (C=O) groups excluding carboxylic acids is 1. The fraction of sp³-hybridized carbons (Fsp3) is 0.462. The van der Waals surface area contributed by atoms with Crippen molar-refractivity contribution >= 4 is 17.5 Å². The Bertz CT molecular complexity index is 506. The highest BCUT2D eigenvalue weighted by atomic mass is 16.6. The van der Waals surface area contributed by atoms with Gasteiger partial charge in [0.2, 0.25) is 0 Å². The van der Waals surface area contributed by atoms with E-state index in [1.165, 1.54) is 12.0 Å². The quantitative estimate of drug-likeness (QED) is 0.608. The number of rotatable bonds is 2. The van der Waals surface area contributed by atoms with Crippen molar-refractivity contribution in [2.75, 3.05) is 12.0 Å². The molecule has 0 saturated carbocycles. The van der Waals surface area contributed by atoms with Gasteiger partial charge in [-0.25, -0.2) is 4.79 Å². The van der Waals surface area contributed by atoms with Gasteiger partial charge in [0, 0.05) is 11.1 Å². The number of nitro benzene ring substituents is 1. The summed E-state index contributed by atoms with van der Waals surface area (Å²) in [6.07, 6.45) is -0.624. The van der Waals surface area contributed by atoms with Crippen LogP contribution in [0.3, 0.4) is 0 Å². The van der Waals surface area contributed by atoms with E-state index in [1.54, 1.807) is 45.9 Å². The van der Waals surface area contributed by atoms with Gasteiger partial charge in [0.05, 0.1) is 12.0 Å². The summed E-state index contributed by atoms with van der Waals surface area (Å²) in [5.74, 6) is 0. The normalized spacial score (nSPS) is 11.0. The monoisotopic (exact) mass is 266 g/mol. The first-order valence-electron chi connectivity index (χ1n) is 5.82. The van der Waals surface area contributed by atoms with Crippen molar-refractivity contribution in [3.63, 3.8) is 0 Å². The Hall–Kier alpha value is -2.11. The number of carbonyl (C=O) groups is 1. The van der Waals surface area contributed by atoms with E-state index in [9.17, 15) is 14.9 Å². The maximum atomic E-state index is 11.9. The molecule has 0 unspecified atom stereocenters. The molecule has 1 amide bonds. The number of nitrogens with zero attached hydrogens (tertiary/aromatic N) is 2. The maximum Gasteiger partial charge on any atom is 0.414 e. The molecule has 1 rings (SSSR count). The molecule has 0 N–H and O–H groups in total. The lowest BCUT2D eigenvalue weighted by atomic mass is 10.0. The fourth-order valence-electron chi connectivity index (χ4n) is 1.89. The average molecular weight is 266 g/mol. The van der Waals surface area contributed by atoms with Gasteiger partial charge in [-0.05, 0) is 33.8 Å². The molecule has 0 atom stereocenters. The highest BCUT2D eigenvalue weighted by molar-refractivity contribution is 5.92. The van der Waals surface area contributed by atoms with Crippen LogP contribution in [-0.4, -0.2) is 23.7 Å². The molecule has 1 aromatic rings. The predicted molar refractivity (Wildman–Crippen MR) is 72.5 cm³/mol. The van der Waals surface area contributed by atoms with Crippen LogP contribution in [-0.2, 0) is 4.74 Å².